The molecule has 2 aliphatic heterocycles. The summed E-state index contributed by atoms with van der Waals surface area (Å²) >= 11 is 0. The Balaban J connectivity index is 1.73. The van der Waals surface area contributed by atoms with Crippen LogP contribution in [0.2, 0.25) is 0 Å². The van der Waals surface area contributed by atoms with Crippen LogP contribution < -0.4 is 0 Å². The molecule has 0 aliphatic carbocycles. The zero-order chi connectivity index (χ0) is 13.2. The van der Waals surface area contributed by atoms with E-state index in [9.17, 15) is 0 Å². The minimum Gasteiger partial charge on any atom is -0.373 e. The summed E-state index contributed by atoms with van der Waals surface area (Å²) in [5.74, 6) is 0. The largest absolute Gasteiger partial charge is 0.373 e. The number of piperidine rings is 2. The molecule has 2 aliphatic rings. The summed E-state index contributed by atoms with van der Waals surface area (Å²) < 4.78 is 6.10. The summed E-state index contributed by atoms with van der Waals surface area (Å²) in [6, 6.07) is 0.830. The van der Waals surface area contributed by atoms with Crippen LogP contribution in [-0.2, 0) is 4.74 Å². The first-order valence-corrected chi connectivity index (χ1v) is 7.54. The second-order valence-electron chi connectivity index (χ2n) is 7.00. The lowest BCUT2D eigenvalue weighted by atomic mass is 9.99. The van der Waals surface area contributed by atoms with Crippen molar-refractivity contribution in [2.24, 2.45) is 0 Å². The minimum absolute atomic E-state index is 0.0143. The Kier molecular flexibility index (Phi) is 4.68. The van der Waals surface area contributed by atoms with Crippen LogP contribution in [-0.4, -0.2) is 60.8 Å². The molecule has 0 aromatic carbocycles. The predicted molar refractivity (Wildman–Crippen MR) is 76.0 cm³/mol. The maximum Gasteiger partial charge on any atom is 0.0606 e. The number of likely N-dealkylation sites (tertiary alicyclic amines) is 2. The fourth-order valence-corrected chi connectivity index (χ4v) is 3.22. The van der Waals surface area contributed by atoms with Crippen molar-refractivity contribution in [2.45, 2.75) is 64.2 Å². The van der Waals surface area contributed by atoms with Crippen molar-refractivity contribution in [1.29, 1.82) is 0 Å². The standard InChI is InChI=1S/C15H30N2O/c1-15(2,3)18-14-7-11-17(12-8-14)13-5-9-16(4)10-6-13/h13-14H,5-12H2,1-4H3. The van der Waals surface area contributed by atoms with Gasteiger partial charge in [-0.2, -0.15) is 0 Å². The van der Waals surface area contributed by atoms with Crippen molar-refractivity contribution < 1.29 is 4.74 Å². The molecule has 2 heterocycles. The van der Waals surface area contributed by atoms with E-state index in [-0.39, 0.29) is 5.60 Å². The van der Waals surface area contributed by atoms with Gasteiger partial charge in [-0.05, 0) is 66.6 Å². The number of ether oxygens (including phenoxy) is 1. The Hall–Kier alpha value is -0.120. The Bertz CT molecular complexity index is 246. The van der Waals surface area contributed by atoms with E-state index >= 15 is 0 Å². The normalized spacial score (nSPS) is 26.7. The van der Waals surface area contributed by atoms with Crippen molar-refractivity contribution in [2.75, 3.05) is 33.2 Å². The van der Waals surface area contributed by atoms with E-state index in [0.29, 0.717) is 6.10 Å². The lowest BCUT2D eigenvalue weighted by molar-refractivity contribution is -0.0871. The lowest BCUT2D eigenvalue weighted by Crippen LogP contribution is -2.48. The van der Waals surface area contributed by atoms with Gasteiger partial charge in [-0.15, -0.1) is 0 Å². The molecule has 0 N–H and O–H groups in total. The number of nitrogens with zero attached hydrogens (tertiary/aromatic N) is 2. The van der Waals surface area contributed by atoms with E-state index in [4.69, 9.17) is 4.74 Å². The molecule has 0 atom stereocenters. The summed E-state index contributed by atoms with van der Waals surface area (Å²) in [6.07, 6.45) is 5.60. The third-order valence-electron chi connectivity index (χ3n) is 4.20. The van der Waals surface area contributed by atoms with Gasteiger partial charge in [-0.25, -0.2) is 0 Å². The van der Waals surface area contributed by atoms with E-state index in [1.807, 2.05) is 0 Å². The molecule has 106 valence electrons. The van der Waals surface area contributed by atoms with Gasteiger partial charge in [0.15, 0.2) is 0 Å². The van der Waals surface area contributed by atoms with Crippen molar-refractivity contribution in [3.05, 3.63) is 0 Å². The van der Waals surface area contributed by atoms with Gasteiger partial charge in [-0.1, -0.05) is 0 Å². The summed E-state index contributed by atoms with van der Waals surface area (Å²) in [5.41, 5.74) is 0.0143. The minimum atomic E-state index is 0.0143. The van der Waals surface area contributed by atoms with Crippen LogP contribution in [0.4, 0.5) is 0 Å². The Morgan fingerprint density at radius 1 is 0.889 bits per heavy atom. The van der Waals surface area contributed by atoms with Crippen molar-refractivity contribution in [1.82, 2.24) is 9.80 Å². The average Bonchev–Trinajstić information content (AvgIpc) is 2.29. The maximum absolute atomic E-state index is 6.10. The van der Waals surface area contributed by atoms with Crippen LogP contribution in [0, 0.1) is 0 Å². The van der Waals surface area contributed by atoms with Crippen LogP contribution in [0.1, 0.15) is 46.5 Å². The highest BCUT2D eigenvalue weighted by molar-refractivity contribution is 4.83. The second kappa shape index (κ2) is 5.89. The smallest absolute Gasteiger partial charge is 0.0606 e. The lowest BCUT2D eigenvalue weighted by Gasteiger charge is -2.42. The molecule has 0 unspecified atom stereocenters. The highest BCUT2D eigenvalue weighted by atomic mass is 16.5. The zero-order valence-corrected chi connectivity index (χ0v) is 12.6. The molecule has 2 rings (SSSR count). The van der Waals surface area contributed by atoms with E-state index in [0.717, 1.165) is 6.04 Å². The first-order valence-electron chi connectivity index (χ1n) is 7.54. The molecule has 0 bridgehead atoms. The van der Waals surface area contributed by atoms with Crippen LogP contribution in [0.3, 0.4) is 0 Å². The molecule has 0 radical (unpaired) electrons. The topological polar surface area (TPSA) is 15.7 Å². The highest BCUT2D eigenvalue weighted by Gasteiger charge is 2.29. The van der Waals surface area contributed by atoms with Crippen LogP contribution >= 0.6 is 0 Å². The van der Waals surface area contributed by atoms with E-state index in [2.05, 4.69) is 37.6 Å². The number of hydrogen-bond acceptors (Lipinski definition) is 3. The molecular formula is C15H30N2O. The first kappa shape index (κ1) is 14.3. The third-order valence-corrected chi connectivity index (χ3v) is 4.20. The van der Waals surface area contributed by atoms with Gasteiger partial charge in [0.1, 0.15) is 0 Å². The molecule has 3 nitrogen and oxygen atoms in total. The molecule has 0 aromatic rings. The SMILES string of the molecule is CN1CCC(N2CCC(OC(C)(C)C)CC2)CC1. The second-order valence-corrected chi connectivity index (χ2v) is 7.00. The van der Waals surface area contributed by atoms with Crippen LogP contribution in [0.25, 0.3) is 0 Å². The van der Waals surface area contributed by atoms with Crippen molar-refractivity contribution in [3.63, 3.8) is 0 Å². The number of hydrogen-bond donors (Lipinski definition) is 0. The molecule has 2 fully saturated rings. The fraction of sp³-hybridized carbons (Fsp3) is 1.00. The Morgan fingerprint density at radius 2 is 1.44 bits per heavy atom. The average molecular weight is 254 g/mol. The quantitative estimate of drug-likeness (QED) is 0.752. The summed E-state index contributed by atoms with van der Waals surface area (Å²) in [4.78, 5) is 5.15. The van der Waals surface area contributed by atoms with Gasteiger partial charge >= 0.3 is 0 Å². The van der Waals surface area contributed by atoms with Gasteiger partial charge in [0.2, 0.25) is 0 Å². The molecular weight excluding hydrogens is 224 g/mol. The van der Waals surface area contributed by atoms with E-state index in [1.165, 1.54) is 51.9 Å². The van der Waals surface area contributed by atoms with Crippen LogP contribution in [0.5, 0.6) is 0 Å². The Morgan fingerprint density at radius 3 is 1.94 bits per heavy atom. The molecule has 3 heteroatoms. The fourth-order valence-electron chi connectivity index (χ4n) is 3.22. The van der Waals surface area contributed by atoms with Gasteiger partial charge in [0.25, 0.3) is 0 Å². The molecule has 18 heavy (non-hydrogen) atoms. The third kappa shape index (κ3) is 4.22. The highest BCUT2D eigenvalue weighted by Crippen LogP contribution is 2.24. The first-order chi connectivity index (χ1) is 8.44. The Labute approximate surface area is 112 Å². The monoisotopic (exact) mass is 254 g/mol. The van der Waals surface area contributed by atoms with Gasteiger partial charge in [-0.3, -0.25) is 0 Å². The maximum atomic E-state index is 6.10. The predicted octanol–water partition coefficient (Wildman–Crippen LogP) is 2.36. The summed E-state index contributed by atoms with van der Waals surface area (Å²) in [6.45, 7) is 11.5. The molecule has 0 saturated carbocycles. The van der Waals surface area contributed by atoms with E-state index < -0.39 is 0 Å². The van der Waals surface area contributed by atoms with Crippen molar-refractivity contribution in [3.8, 4) is 0 Å². The van der Waals surface area contributed by atoms with Crippen molar-refractivity contribution >= 4 is 0 Å². The molecule has 0 aromatic heterocycles. The zero-order valence-electron chi connectivity index (χ0n) is 12.6. The summed E-state index contributed by atoms with van der Waals surface area (Å²) in [5, 5.41) is 0. The molecule has 0 spiro atoms. The van der Waals surface area contributed by atoms with Gasteiger partial charge in [0, 0.05) is 19.1 Å². The van der Waals surface area contributed by atoms with Gasteiger partial charge in [0.05, 0.1) is 11.7 Å². The van der Waals surface area contributed by atoms with E-state index in [1.54, 1.807) is 0 Å². The number of rotatable bonds is 2. The summed E-state index contributed by atoms with van der Waals surface area (Å²) in [7, 11) is 2.24. The van der Waals surface area contributed by atoms with Gasteiger partial charge < -0.3 is 14.5 Å². The molecule has 2 saturated heterocycles. The van der Waals surface area contributed by atoms with Crippen LogP contribution in [0.15, 0.2) is 0 Å². The molecule has 0 amide bonds.